The zero-order chi connectivity index (χ0) is 15.2. The molecule has 0 bridgehead atoms. The molecule has 1 aliphatic heterocycles. The number of nitrogens with one attached hydrogen (secondary N) is 2. The molecule has 2 rings (SSSR count). The van der Waals surface area contributed by atoms with E-state index in [1.54, 1.807) is 25.1 Å². The Bertz CT molecular complexity index is 546. The molecule has 21 heavy (non-hydrogen) atoms. The second-order valence-electron chi connectivity index (χ2n) is 4.85. The number of carbonyl (C=O) groups excluding carboxylic acids is 1. The van der Waals surface area contributed by atoms with Crippen LogP contribution in [0.1, 0.15) is 13.3 Å². The van der Waals surface area contributed by atoms with Crippen molar-refractivity contribution in [2.24, 2.45) is 0 Å². The first-order valence-electron chi connectivity index (χ1n) is 6.85. The Labute approximate surface area is 134 Å². The van der Waals surface area contributed by atoms with Gasteiger partial charge in [0.25, 0.3) is 5.91 Å². The van der Waals surface area contributed by atoms with Crippen LogP contribution in [0.4, 0.5) is 0 Å². The third kappa shape index (κ3) is 4.63. The fourth-order valence-electron chi connectivity index (χ4n) is 1.99. The summed E-state index contributed by atoms with van der Waals surface area (Å²) < 4.78 is 5.57. The van der Waals surface area contributed by atoms with Crippen LogP contribution >= 0.6 is 23.2 Å². The normalized spacial score (nSPS) is 16.0. The van der Waals surface area contributed by atoms with Gasteiger partial charge in [0.05, 0.1) is 5.02 Å². The fourth-order valence-corrected chi connectivity index (χ4v) is 2.33. The number of halogens is 2. The number of hydrogen-bond donors (Lipinski definition) is 2. The molecule has 1 aromatic carbocycles. The van der Waals surface area contributed by atoms with E-state index in [4.69, 9.17) is 27.9 Å². The molecule has 1 atom stereocenters. The SMILES string of the molecule is CC(Oc1cccc(Cl)c1Cl)C(=O)NCC1=CCNCC1. The molecule has 0 aromatic heterocycles. The van der Waals surface area contributed by atoms with Gasteiger partial charge in [-0.05, 0) is 32.0 Å². The van der Waals surface area contributed by atoms with Crippen molar-refractivity contribution in [3.05, 3.63) is 39.9 Å². The van der Waals surface area contributed by atoms with Gasteiger partial charge in [0, 0.05) is 13.1 Å². The zero-order valence-corrected chi connectivity index (χ0v) is 13.3. The summed E-state index contributed by atoms with van der Waals surface area (Å²) >= 11 is 11.9. The van der Waals surface area contributed by atoms with Crippen molar-refractivity contribution >= 4 is 29.1 Å². The van der Waals surface area contributed by atoms with Crippen LogP contribution < -0.4 is 15.4 Å². The number of rotatable bonds is 5. The molecular formula is C15H18Cl2N2O2. The maximum atomic E-state index is 12.0. The van der Waals surface area contributed by atoms with Gasteiger partial charge in [-0.25, -0.2) is 0 Å². The van der Waals surface area contributed by atoms with Crippen LogP contribution in [0.5, 0.6) is 5.75 Å². The molecule has 2 N–H and O–H groups in total. The van der Waals surface area contributed by atoms with Crippen LogP contribution in [0.15, 0.2) is 29.8 Å². The predicted molar refractivity (Wildman–Crippen MR) is 85.1 cm³/mol. The Hall–Kier alpha value is -1.23. The highest BCUT2D eigenvalue weighted by Gasteiger charge is 2.17. The molecule has 0 radical (unpaired) electrons. The van der Waals surface area contributed by atoms with Crippen molar-refractivity contribution in [3.63, 3.8) is 0 Å². The molecule has 1 aromatic rings. The van der Waals surface area contributed by atoms with E-state index in [0.717, 1.165) is 19.5 Å². The summed E-state index contributed by atoms with van der Waals surface area (Å²) in [5, 5.41) is 6.82. The minimum absolute atomic E-state index is 0.175. The maximum Gasteiger partial charge on any atom is 0.261 e. The number of amides is 1. The van der Waals surface area contributed by atoms with Crippen LogP contribution in [0.25, 0.3) is 0 Å². The molecule has 0 saturated carbocycles. The van der Waals surface area contributed by atoms with E-state index in [1.165, 1.54) is 5.57 Å². The number of benzene rings is 1. The first-order valence-corrected chi connectivity index (χ1v) is 7.60. The monoisotopic (exact) mass is 328 g/mol. The Kier molecular flexibility index (Phi) is 5.91. The third-order valence-electron chi connectivity index (χ3n) is 3.24. The summed E-state index contributed by atoms with van der Waals surface area (Å²) in [6.07, 6.45) is 2.42. The summed E-state index contributed by atoms with van der Waals surface area (Å²) in [5.74, 6) is 0.235. The van der Waals surface area contributed by atoms with Gasteiger partial charge in [0.15, 0.2) is 6.10 Å². The lowest BCUT2D eigenvalue weighted by Crippen LogP contribution is -2.38. The summed E-state index contributed by atoms with van der Waals surface area (Å²) in [6, 6.07) is 5.09. The second-order valence-corrected chi connectivity index (χ2v) is 5.63. The van der Waals surface area contributed by atoms with Gasteiger partial charge in [-0.2, -0.15) is 0 Å². The van der Waals surface area contributed by atoms with Crippen molar-refractivity contribution in [2.75, 3.05) is 19.6 Å². The lowest BCUT2D eigenvalue weighted by molar-refractivity contribution is -0.127. The number of ether oxygens (including phenoxy) is 1. The largest absolute Gasteiger partial charge is 0.479 e. The van der Waals surface area contributed by atoms with Crippen molar-refractivity contribution in [2.45, 2.75) is 19.4 Å². The van der Waals surface area contributed by atoms with Crippen LogP contribution in [0.2, 0.25) is 10.0 Å². The summed E-state index contributed by atoms with van der Waals surface area (Å²) in [5.41, 5.74) is 1.23. The summed E-state index contributed by atoms with van der Waals surface area (Å²) in [4.78, 5) is 12.0. The Morgan fingerprint density at radius 2 is 2.29 bits per heavy atom. The smallest absolute Gasteiger partial charge is 0.261 e. The van der Waals surface area contributed by atoms with E-state index >= 15 is 0 Å². The van der Waals surface area contributed by atoms with E-state index in [9.17, 15) is 4.79 Å². The van der Waals surface area contributed by atoms with Crippen LogP contribution in [0.3, 0.4) is 0 Å². The Morgan fingerprint density at radius 1 is 1.48 bits per heavy atom. The lowest BCUT2D eigenvalue weighted by atomic mass is 10.1. The summed E-state index contributed by atoms with van der Waals surface area (Å²) in [6.45, 7) is 4.04. The van der Waals surface area contributed by atoms with Gasteiger partial charge in [-0.15, -0.1) is 0 Å². The van der Waals surface area contributed by atoms with E-state index < -0.39 is 6.10 Å². The van der Waals surface area contributed by atoms with Crippen LogP contribution in [-0.2, 0) is 4.79 Å². The standard InChI is InChI=1S/C15H18Cl2N2O2/c1-10(21-13-4-2-3-12(16)14(13)17)15(20)19-9-11-5-7-18-8-6-11/h2-5,10,18H,6-9H2,1H3,(H,19,20). The minimum Gasteiger partial charge on any atom is -0.479 e. The van der Waals surface area contributed by atoms with Crippen molar-refractivity contribution in [3.8, 4) is 5.75 Å². The average Bonchev–Trinajstić information content (AvgIpc) is 2.50. The molecule has 114 valence electrons. The zero-order valence-electron chi connectivity index (χ0n) is 11.8. The minimum atomic E-state index is -0.636. The van der Waals surface area contributed by atoms with Crippen LogP contribution in [-0.4, -0.2) is 31.6 Å². The predicted octanol–water partition coefficient (Wildman–Crippen LogP) is 2.80. The van der Waals surface area contributed by atoms with E-state index in [-0.39, 0.29) is 5.91 Å². The maximum absolute atomic E-state index is 12.0. The van der Waals surface area contributed by atoms with Gasteiger partial charge in [0.1, 0.15) is 10.8 Å². The molecule has 6 heteroatoms. The average molecular weight is 329 g/mol. The van der Waals surface area contributed by atoms with Crippen LogP contribution in [0, 0.1) is 0 Å². The van der Waals surface area contributed by atoms with Gasteiger partial charge < -0.3 is 15.4 Å². The van der Waals surface area contributed by atoms with Gasteiger partial charge in [-0.3, -0.25) is 4.79 Å². The molecule has 0 fully saturated rings. The van der Waals surface area contributed by atoms with Crippen molar-refractivity contribution in [1.82, 2.24) is 10.6 Å². The Balaban J connectivity index is 1.87. The highest BCUT2D eigenvalue weighted by Crippen LogP contribution is 2.32. The van der Waals surface area contributed by atoms with Crippen molar-refractivity contribution < 1.29 is 9.53 Å². The molecular weight excluding hydrogens is 311 g/mol. The first-order chi connectivity index (χ1) is 10.1. The molecule has 1 amide bonds. The molecule has 4 nitrogen and oxygen atoms in total. The van der Waals surface area contributed by atoms with Gasteiger partial charge in [-0.1, -0.05) is 40.9 Å². The van der Waals surface area contributed by atoms with Gasteiger partial charge in [0.2, 0.25) is 0 Å². The topological polar surface area (TPSA) is 50.4 Å². The molecule has 0 spiro atoms. The molecule has 0 aliphatic carbocycles. The fraction of sp³-hybridized carbons (Fsp3) is 0.400. The molecule has 0 saturated heterocycles. The third-order valence-corrected chi connectivity index (χ3v) is 4.04. The number of hydrogen-bond acceptors (Lipinski definition) is 3. The molecule has 1 heterocycles. The Morgan fingerprint density at radius 3 is 3.00 bits per heavy atom. The van der Waals surface area contributed by atoms with Crippen molar-refractivity contribution in [1.29, 1.82) is 0 Å². The second kappa shape index (κ2) is 7.69. The lowest BCUT2D eigenvalue weighted by Gasteiger charge is -2.18. The first kappa shape index (κ1) is 16.1. The number of carbonyl (C=O) groups is 1. The van der Waals surface area contributed by atoms with E-state index in [2.05, 4.69) is 16.7 Å². The van der Waals surface area contributed by atoms with E-state index in [1.807, 2.05) is 0 Å². The molecule has 1 unspecified atom stereocenters. The quantitative estimate of drug-likeness (QED) is 0.817. The van der Waals surface area contributed by atoms with E-state index in [0.29, 0.717) is 22.3 Å². The van der Waals surface area contributed by atoms with Gasteiger partial charge >= 0.3 is 0 Å². The highest BCUT2D eigenvalue weighted by atomic mass is 35.5. The highest BCUT2D eigenvalue weighted by molar-refractivity contribution is 6.42. The summed E-state index contributed by atoms with van der Waals surface area (Å²) in [7, 11) is 0. The molecule has 1 aliphatic rings.